The zero-order valence-electron chi connectivity index (χ0n) is 22.7. The van der Waals surface area contributed by atoms with Gasteiger partial charge >= 0.3 is 0 Å². The number of ether oxygens (including phenoxy) is 4. The maximum Gasteiger partial charge on any atom is 0.203 e. The highest BCUT2D eigenvalue weighted by atomic mass is 16.5. The molecule has 0 aromatic heterocycles. The third-order valence-corrected chi connectivity index (χ3v) is 5.86. The molecule has 1 fully saturated rings. The fourth-order valence-corrected chi connectivity index (χ4v) is 4.27. The Kier molecular flexibility index (Phi) is 15.8. The lowest BCUT2D eigenvalue weighted by atomic mass is 9.93. The number of aldehydes is 2. The van der Waals surface area contributed by atoms with Gasteiger partial charge in [-0.3, -0.25) is 9.69 Å². The Morgan fingerprint density at radius 1 is 0.973 bits per heavy atom. The second-order valence-corrected chi connectivity index (χ2v) is 7.98. The second-order valence-electron chi connectivity index (χ2n) is 7.98. The van der Waals surface area contributed by atoms with E-state index in [9.17, 15) is 4.79 Å². The quantitative estimate of drug-likeness (QED) is 0.556. The highest BCUT2D eigenvalue weighted by Crippen LogP contribution is 2.49. The van der Waals surface area contributed by atoms with E-state index in [2.05, 4.69) is 10.6 Å². The number of aliphatic hydroxyl groups excluding tert-OH is 1. The van der Waals surface area contributed by atoms with Crippen LogP contribution in [0.3, 0.4) is 0 Å². The third-order valence-electron chi connectivity index (χ3n) is 5.86. The largest absolute Gasteiger partial charge is 0.493 e. The lowest BCUT2D eigenvalue weighted by Gasteiger charge is -2.25. The summed E-state index contributed by atoms with van der Waals surface area (Å²) in [5.74, 6) is 1.96. The summed E-state index contributed by atoms with van der Waals surface area (Å²) in [6.07, 6.45) is 4.51. The number of hydrogen-bond acceptors (Lipinski definition) is 9. The van der Waals surface area contributed by atoms with Crippen molar-refractivity contribution in [1.82, 2.24) is 4.90 Å². The lowest BCUT2D eigenvalue weighted by Crippen LogP contribution is -2.37. The predicted octanol–water partition coefficient (Wildman–Crippen LogP) is 2.77. The average Bonchev–Trinajstić information content (AvgIpc) is 3.13. The number of carbonyl (C=O) groups excluding carboxylic acids is 2. The van der Waals surface area contributed by atoms with E-state index >= 15 is 0 Å². The predicted molar refractivity (Wildman–Crippen MR) is 145 cm³/mol. The van der Waals surface area contributed by atoms with Crippen molar-refractivity contribution in [2.75, 3.05) is 67.8 Å². The molecule has 9 heteroatoms. The van der Waals surface area contributed by atoms with Crippen molar-refractivity contribution in [2.45, 2.75) is 26.2 Å². The van der Waals surface area contributed by atoms with Gasteiger partial charge in [0, 0.05) is 30.8 Å². The van der Waals surface area contributed by atoms with Gasteiger partial charge in [-0.15, -0.1) is 0 Å². The van der Waals surface area contributed by atoms with Crippen molar-refractivity contribution in [1.29, 1.82) is 0 Å². The maximum atomic E-state index is 11.1. The fourth-order valence-electron chi connectivity index (χ4n) is 4.27. The van der Waals surface area contributed by atoms with Crippen LogP contribution in [0.5, 0.6) is 17.2 Å². The van der Waals surface area contributed by atoms with E-state index in [0.29, 0.717) is 22.8 Å². The Morgan fingerprint density at radius 2 is 1.59 bits per heavy atom. The first-order valence-corrected chi connectivity index (χ1v) is 12.4. The van der Waals surface area contributed by atoms with E-state index < -0.39 is 0 Å². The van der Waals surface area contributed by atoms with Gasteiger partial charge in [0.15, 0.2) is 11.5 Å². The van der Waals surface area contributed by atoms with E-state index in [0.717, 1.165) is 75.8 Å². The van der Waals surface area contributed by atoms with Gasteiger partial charge in [0.1, 0.15) is 12.6 Å². The molecule has 0 bridgehead atoms. The zero-order valence-corrected chi connectivity index (χ0v) is 22.7. The van der Waals surface area contributed by atoms with Crippen LogP contribution in [0, 0.1) is 0 Å². The molecule has 0 saturated carbocycles. The molecule has 0 atom stereocenters. The van der Waals surface area contributed by atoms with E-state index in [1.54, 1.807) is 21.3 Å². The number of fused-ring (bicyclic) bond motifs is 3. The summed E-state index contributed by atoms with van der Waals surface area (Å²) < 4.78 is 21.8. The maximum absolute atomic E-state index is 11.1. The molecule has 0 spiro atoms. The van der Waals surface area contributed by atoms with Crippen molar-refractivity contribution < 1.29 is 33.6 Å². The van der Waals surface area contributed by atoms with E-state index in [1.165, 1.54) is 25.1 Å². The molecule has 2 aliphatic rings. The summed E-state index contributed by atoms with van der Waals surface area (Å²) in [6.45, 7) is 6.09. The first kappa shape index (κ1) is 32.0. The van der Waals surface area contributed by atoms with Gasteiger partial charge in [0.2, 0.25) is 5.75 Å². The van der Waals surface area contributed by atoms with Crippen LogP contribution in [0.1, 0.15) is 34.8 Å². The Hall–Kier alpha value is -2.98. The van der Waals surface area contributed by atoms with Gasteiger partial charge in [0.05, 0.1) is 41.2 Å². The van der Waals surface area contributed by atoms with E-state index in [4.69, 9.17) is 28.8 Å². The van der Waals surface area contributed by atoms with Gasteiger partial charge in [-0.2, -0.15) is 0 Å². The van der Waals surface area contributed by atoms with E-state index in [1.807, 2.05) is 24.3 Å². The number of aliphatic hydroxyl groups is 1. The lowest BCUT2D eigenvalue weighted by molar-refractivity contribution is -0.106. The molecule has 1 saturated heterocycles. The Balaban J connectivity index is 0.000000406. The minimum Gasteiger partial charge on any atom is -0.493 e. The molecule has 9 nitrogen and oxygen atoms in total. The molecule has 1 aliphatic heterocycles. The van der Waals surface area contributed by atoms with Gasteiger partial charge in [-0.25, -0.2) is 0 Å². The second kappa shape index (κ2) is 18.3. The molecule has 37 heavy (non-hydrogen) atoms. The Labute approximate surface area is 220 Å². The summed E-state index contributed by atoms with van der Waals surface area (Å²) in [4.78, 5) is 22.1. The number of morpholine rings is 1. The number of β-amino-alcohol motifs (C(OH)–C–C–N with tert-alkyl or cyclic N) is 1. The average molecular weight is 519 g/mol. The monoisotopic (exact) mass is 518 g/mol. The van der Waals surface area contributed by atoms with Crippen molar-refractivity contribution >= 4 is 12.6 Å². The number of methoxy groups -OCH3 is 3. The molecule has 0 radical (unpaired) electrons. The zero-order chi connectivity index (χ0) is 27.6. The van der Waals surface area contributed by atoms with Crippen LogP contribution >= 0.6 is 0 Å². The van der Waals surface area contributed by atoms with Crippen LogP contribution in [0.4, 0.5) is 0 Å². The van der Waals surface area contributed by atoms with Gasteiger partial charge < -0.3 is 34.6 Å². The number of benzene rings is 2. The van der Waals surface area contributed by atoms with Crippen LogP contribution in [-0.2, 0) is 22.4 Å². The SMILES string of the molecule is CC=O.CN.COc1cc2c(c(OC)c1OC)-c1ccc(C=O)cc1CCC2.OCCN1CCOCC1. The Bertz CT molecular complexity index is 957. The highest BCUT2D eigenvalue weighted by Gasteiger charge is 2.25. The van der Waals surface area contributed by atoms with Crippen molar-refractivity contribution in [3.63, 3.8) is 0 Å². The molecule has 206 valence electrons. The summed E-state index contributed by atoms with van der Waals surface area (Å²) in [5.41, 5.74) is 9.68. The number of hydrogen-bond donors (Lipinski definition) is 2. The molecule has 2 aromatic carbocycles. The Morgan fingerprint density at radius 3 is 2.14 bits per heavy atom. The van der Waals surface area contributed by atoms with Crippen molar-refractivity contribution in [3.05, 3.63) is 41.0 Å². The summed E-state index contributed by atoms with van der Waals surface area (Å²) in [6, 6.07) is 7.84. The number of aryl methyl sites for hydroxylation is 2. The minimum absolute atomic E-state index is 0.264. The number of nitrogens with two attached hydrogens (primary N) is 1. The topological polar surface area (TPSA) is 121 Å². The van der Waals surface area contributed by atoms with Crippen LogP contribution in [0.15, 0.2) is 24.3 Å². The van der Waals surface area contributed by atoms with Crippen LogP contribution in [0.25, 0.3) is 11.1 Å². The highest BCUT2D eigenvalue weighted by molar-refractivity contribution is 5.85. The van der Waals surface area contributed by atoms with Crippen LogP contribution < -0.4 is 19.9 Å². The molecule has 4 rings (SSSR count). The molecule has 3 N–H and O–H groups in total. The normalized spacial score (nSPS) is 13.8. The van der Waals surface area contributed by atoms with Gasteiger partial charge in [-0.1, -0.05) is 12.1 Å². The smallest absolute Gasteiger partial charge is 0.203 e. The standard InChI is InChI=1S/C19H20O4.C6H13NO2.C2H4O.CH5N/c1-21-16-10-14-6-4-5-13-9-12(11-20)7-8-15(13)17(14)19(23-3)18(16)22-2;8-4-1-7-2-5-9-6-3-7;1-2-3;1-2/h7-11H,4-6H2,1-3H3;8H,1-6H2;2H,1H3;2H2,1H3. The molecular weight excluding hydrogens is 476 g/mol. The molecule has 2 aromatic rings. The van der Waals surface area contributed by atoms with E-state index in [-0.39, 0.29) is 6.61 Å². The molecule has 0 amide bonds. The summed E-state index contributed by atoms with van der Waals surface area (Å²) in [7, 11) is 6.38. The van der Waals surface area contributed by atoms with Crippen molar-refractivity contribution in [3.8, 4) is 28.4 Å². The molecule has 1 heterocycles. The minimum atomic E-state index is 0.264. The first-order chi connectivity index (χ1) is 18.1. The molecule has 1 aliphatic carbocycles. The number of carbonyl (C=O) groups is 2. The van der Waals surface area contributed by atoms with Gasteiger partial charge in [0.25, 0.3) is 0 Å². The summed E-state index contributed by atoms with van der Waals surface area (Å²) >= 11 is 0. The van der Waals surface area contributed by atoms with Crippen LogP contribution in [-0.4, -0.2) is 90.4 Å². The molecule has 0 unspecified atom stereocenters. The molecular formula is C28H42N2O7. The first-order valence-electron chi connectivity index (χ1n) is 12.4. The van der Waals surface area contributed by atoms with Crippen molar-refractivity contribution in [2.24, 2.45) is 5.73 Å². The fraction of sp³-hybridized carbons (Fsp3) is 0.500. The number of rotatable bonds is 6. The summed E-state index contributed by atoms with van der Waals surface area (Å²) in [5, 5.41) is 8.54. The third kappa shape index (κ3) is 9.12. The van der Waals surface area contributed by atoms with Gasteiger partial charge in [-0.05, 0) is 62.1 Å². The van der Waals surface area contributed by atoms with Crippen LogP contribution in [0.2, 0.25) is 0 Å². The number of nitrogens with zero attached hydrogens (tertiary/aromatic N) is 1.